The summed E-state index contributed by atoms with van der Waals surface area (Å²) < 4.78 is 12.7. The number of fused-ring (bicyclic) bond motifs is 1. The van der Waals surface area contributed by atoms with Gasteiger partial charge in [-0.25, -0.2) is 4.79 Å². The van der Waals surface area contributed by atoms with Crippen LogP contribution in [0.5, 0.6) is 0 Å². The molecule has 0 aliphatic carbocycles. The molecule has 1 atom stereocenters. The summed E-state index contributed by atoms with van der Waals surface area (Å²) in [4.78, 5) is 30.1. The van der Waals surface area contributed by atoms with Gasteiger partial charge < -0.3 is 14.0 Å². The molecular formula is C24H28N2O4. The standard InChI is InChI=1S/C24H28N2O4/c1-14-7-8-22-20(9-14)21(10-15(2)25-22)24(28)30-13-23(27)19-11-16(3)26(18(19)5)17(4)12-29-6/h7-11,17H,12-13H2,1-6H3. The molecule has 1 aromatic carbocycles. The zero-order chi connectivity index (χ0) is 22.0. The number of carbonyl (C=O) groups excluding carboxylic acids is 2. The molecule has 2 aromatic heterocycles. The number of carbonyl (C=O) groups is 2. The number of benzene rings is 1. The van der Waals surface area contributed by atoms with Gasteiger partial charge >= 0.3 is 5.97 Å². The molecule has 3 aromatic rings. The maximum absolute atomic E-state index is 12.8. The van der Waals surface area contributed by atoms with Gasteiger partial charge in [0, 0.05) is 35.1 Å². The molecule has 6 heteroatoms. The average Bonchev–Trinajstić information content (AvgIpc) is 3.00. The molecule has 0 aliphatic rings. The number of pyridine rings is 1. The van der Waals surface area contributed by atoms with E-state index < -0.39 is 5.97 Å². The van der Waals surface area contributed by atoms with Crippen molar-refractivity contribution in [3.63, 3.8) is 0 Å². The van der Waals surface area contributed by atoms with Crippen LogP contribution in [0.4, 0.5) is 0 Å². The number of Topliss-reactive ketones (excluding diaryl/α,β-unsaturated/α-hetero) is 1. The highest BCUT2D eigenvalue weighted by atomic mass is 16.5. The number of ketones is 1. The molecule has 3 rings (SSSR count). The van der Waals surface area contributed by atoms with Crippen molar-refractivity contribution in [2.24, 2.45) is 0 Å². The first kappa shape index (κ1) is 21.7. The van der Waals surface area contributed by atoms with Gasteiger partial charge in [-0.1, -0.05) is 11.6 Å². The van der Waals surface area contributed by atoms with Gasteiger partial charge in [0.2, 0.25) is 5.78 Å². The van der Waals surface area contributed by atoms with Crippen LogP contribution in [0.25, 0.3) is 10.9 Å². The molecule has 30 heavy (non-hydrogen) atoms. The van der Waals surface area contributed by atoms with Gasteiger partial charge in [0.05, 0.1) is 23.7 Å². The summed E-state index contributed by atoms with van der Waals surface area (Å²) in [6.07, 6.45) is 0. The second kappa shape index (κ2) is 8.79. The predicted molar refractivity (Wildman–Crippen MR) is 116 cm³/mol. The maximum atomic E-state index is 12.8. The summed E-state index contributed by atoms with van der Waals surface area (Å²) in [5.41, 5.74) is 5.28. The van der Waals surface area contributed by atoms with Crippen molar-refractivity contribution in [1.29, 1.82) is 0 Å². The maximum Gasteiger partial charge on any atom is 0.339 e. The zero-order valence-corrected chi connectivity index (χ0v) is 18.4. The van der Waals surface area contributed by atoms with Crippen molar-refractivity contribution in [2.45, 2.75) is 40.7 Å². The lowest BCUT2D eigenvalue weighted by molar-refractivity contribution is 0.0476. The number of methoxy groups -OCH3 is 1. The highest BCUT2D eigenvalue weighted by Gasteiger charge is 2.21. The summed E-state index contributed by atoms with van der Waals surface area (Å²) in [5, 5.41) is 0.726. The molecule has 0 aliphatic heterocycles. The predicted octanol–water partition coefficient (Wildman–Crippen LogP) is 4.52. The molecule has 0 N–H and O–H groups in total. The minimum Gasteiger partial charge on any atom is -0.454 e. The third-order valence-corrected chi connectivity index (χ3v) is 5.28. The van der Waals surface area contributed by atoms with E-state index in [0.29, 0.717) is 17.7 Å². The van der Waals surface area contributed by atoms with Gasteiger partial charge in [-0.05, 0) is 58.9 Å². The van der Waals surface area contributed by atoms with Crippen LogP contribution in [0.1, 0.15) is 56.3 Å². The number of hydrogen-bond acceptors (Lipinski definition) is 5. The molecule has 6 nitrogen and oxygen atoms in total. The zero-order valence-electron chi connectivity index (χ0n) is 18.4. The fraction of sp³-hybridized carbons (Fsp3) is 0.375. The molecule has 158 valence electrons. The quantitative estimate of drug-likeness (QED) is 0.425. The van der Waals surface area contributed by atoms with E-state index in [1.54, 1.807) is 13.2 Å². The second-order valence-corrected chi connectivity index (χ2v) is 7.79. The van der Waals surface area contributed by atoms with Gasteiger partial charge in [0.15, 0.2) is 6.61 Å². The van der Waals surface area contributed by atoms with Crippen LogP contribution >= 0.6 is 0 Å². The van der Waals surface area contributed by atoms with E-state index in [2.05, 4.69) is 9.55 Å². The molecule has 1 unspecified atom stereocenters. The van der Waals surface area contributed by atoms with E-state index in [-0.39, 0.29) is 18.4 Å². The van der Waals surface area contributed by atoms with Crippen molar-refractivity contribution >= 4 is 22.7 Å². The highest BCUT2D eigenvalue weighted by molar-refractivity contribution is 6.05. The van der Waals surface area contributed by atoms with Gasteiger partial charge in [-0.3, -0.25) is 9.78 Å². The van der Waals surface area contributed by atoms with Crippen molar-refractivity contribution in [3.05, 3.63) is 64.1 Å². The number of aryl methyl sites for hydroxylation is 3. The lowest BCUT2D eigenvalue weighted by Crippen LogP contribution is -2.17. The number of rotatable bonds is 7. The summed E-state index contributed by atoms with van der Waals surface area (Å²) in [7, 11) is 1.65. The fourth-order valence-corrected chi connectivity index (χ4v) is 3.98. The Morgan fingerprint density at radius 2 is 1.80 bits per heavy atom. The molecule has 0 radical (unpaired) electrons. The van der Waals surface area contributed by atoms with Crippen LogP contribution in [-0.4, -0.2) is 41.6 Å². The van der Waals surface area contributed by atoms with E-state index in [0.717, 1.165) is 33.5 Å². The van der Waals surface area contributed by atoms with Crippen LogP contribution in [0.2, 0.25) is 0 Å². The Labute approximate surface area is 176 Å². The Kier molecular flexibility index (Phi) is 6.37. The van der Waals surface area contributed by atoms with E-state index in [1.807, 2.05) is 58.9 Å². The smallest absolute Gasteiger partial charge is 0.339 e. The van der Waals surface area contributed by atoms with E-state index in [4.69, 9.17) is 9.47 Å². The third kappa shape index (κ3) is 4.28. The van der Waals surface area contributed by atoms with Crippen LogP contribution < -0.4 is 0 Å². The normalized spacial score (nSPS) is 12.2. The van der Waals surface area contributed by atoms with Gasteiger partial charge in [-0.2, -0.15) is 0 Å². The average molecular weight is 408 g/mol. The van der Waals surface area contributed by atoms with Crippen molar-refractivity contribution in [2.75, 3.05) is 20.3 Å². The number of esters is 1. The summed E-state index contributed by atoms with van der Waals surface area (Å²) >= 11 is 0. The van der Waals surface area contributed by atoms with Crippen molar-refractivity contribution in [3.8, 4) is 0 Å². The minimum atomic E-state index is -0.522. The van der Waals surface area contributed by atoms with E-state index in [9.17, 15) is 9.59 Å². The SMILES string of the molecule is COCC(C)n1c(C)cc(C(=O)COC(=O)c2cc(C)nc3ccc(C)cc23)c1C. The first-order chi connectivity index (χ1) is 14.2. The van der Waals surface area contributed by atoms with Crippen LogP contribution in [-0.2, 0) is 9.47 Å². The largest absolute Gasteiger partial charge is 0.454 e. The minimum absolute atomic E-state index is 0.105. The van der Waals surface area contributed by atoms with Crippen molar-refractivity contribution in [1.82, 2.24) is 9.55 Å². The highest BCUT2D eigenvalue weighted by Crippen LogP contribution is 2.23. The van der Waals surface area contributed by atoms with Gasteiger partial charge in [-0.15, -0.1) is 0 Å². The van der Waals surface area contributed by atoms with Gasteiger partial charge in [0.1, 0.15) is 0 Å². The Hall–Kier alpha value is -2.99. The molecule has 0 amide bonds. The molecule has 0 bridgehead atoms. The van der Waals surface area contributed by atoms with Crippen LogP contribution in [0, 0.1) is 27.7 Å². The number of nitrogens with zero attached hydrogens (tertiary/aromatic N) is 2. The molecule has 0 saturated heterocycles. The monoisotopic (exact) mass is 408 g/mol. The Balaban J connectivity index is 1.81. The molecule has 2 heterocycles. The van der Waals surface area contributed by atoms with E-state index >= 15 is 0 Å². The topological polar surface area (TPSA) is 70.4 Å². The first-order valence-corrected chi connectivity index (χ1v) is 9.98. The Morgan fingerprint density at radius 1 is 1.07 bits per heavy atom. The van der Waals surface area contributed by atoms with Crippen molar-refractivity contribution < 1.29 is 19.1 Å². The lowest BCUT2D eigenvalue weighted by Gasteiger charge is -2.17. The fourth-order valence-electron chi connectivity index (χ4n) is 3.98. The third-order valence-electron chi connectivity index (χ3n) is 5.28. The Morgan fingerprint density at radius 3 is 2.50 bits per heavy atom. The Bertz CT molecular complexity index is 1110. The number of ether oxygens (including phenoxy) is 2. The molecule has 0 saturated carbocycles. The second-order valence-electron chi connectivity index (χ2n) is 7.79. The number of aromatic nitrogens is 2. The molecular weight excluding hydrogens is 380 g/mol. The lowest BCUT2D eigenvalue weighted by atomic mass is 10.1. The van der Waals surface area contributed by atoms with Crippen LogP contribution in [0.3, 0.4) is 0 Å². The summed E-state index contributed by atoms with van der Waals surface area (Å²) in [5.74, 6) is -0.746. The number of hydrogen-bond donors (Lipinski definition) is 0. The molecule has 0 spiro atoms. The molecule has 0 fully saturated rings. The first-order valence-electron chi connectivity index (χ1n) is 9.98. The van der Waals surface area contributed by atoms with Gasteiger partial charge in [0.25, 0.3) is 0 Å². The summed E-state index contributed by atoms with van der Waals surface area (Å²) in [6, 6.07) is 9.39. The van der Waals surface area contributed by atoms with Crippen LogP contribution in [0.15, 0.2) is 30.3 Å². The van der Waals surface area contributed by atoms with E-state index in [1.165, 1.54) is 0 Å². The summed E-state index contributed by atoms with van der Waals surface area (Å²) in [6.45, 7) is 9.92.